The highest BCUT2D eigenvalue weighted by Gasteiger charge is 2.23. The van der Waals surface area contributed by atoms with E-state index in [1.165, 1.54) is 30.4 Å². The lowest BCUT2D eigenvalue weighted by Gasteiger charge is -2.22. The molecule has 0 spiro atoms. The van der Waals surface area contributed by atoms with Crippen LogP contribution in [0.15, 0.2) is 48.5 Å². The molecule has 3 rings (SSSR count). The predicted octanol–water partition coefficient (Wildman–Crippen LogP) is 4.39. The van der Waals surface area contributed by atoms with E-state index in [4.69, 9.17) is 0 Å². The second-order valence-electron chi connectivity index (χ2n) is 7.20. The van der Waals surface area contributed by atoms with E-state index in [2.05, 4.69) is 72.2 Å². The van der Waals surface area contributed by atoms with E-state index in [1.54, 1.807) is 0 Å². The molecule has 0 saturated carbocycles. The smallest absolute Gasteiger partial charge is 0.0587 e. The van der Waals surface area contributed by atoms with Crippen molar-refractivity contribution in [2.45, 2.75) is 51.6 Å². The van der Waals surface area contributed by atoms with E-state index in [9.17, 15) is 5.11 Å². The van der Waals surface area contributed by atoms with Crippen molar-refractivity contribution < 1.29 is 5.11 Å². The normalized spacial score (nSPS) is 17.1. The molecule has 1 aliphatic heterocycles. The standard InChI is InChI=1S/C24H29NO/c1-2-3-5-20-7-9-21(10-8-20)11-12-22-13-15-23(16-14-22)18-25-17-4-6-24(25)19-26/h7-10,13-16,24,26H,2-6,17-19H2,1H3/t24-/m1/s1. The Morgan fingerprint density at radius 3 is 2.15 bits per heavy atom. The van der Waals surface area contributed by atoms with Gasteiger partial charge >= 0.3 is 0 Å². The summed E-state index contributed by atoms with van der Waals surface area (Å²) in [6.07, 6.45) is 5.92. The number of aliphatic hydroxyl groups excluding tert-OH is 1. The number of hydrogen-bond donors (Lipinski definition) is 1. The lowest BCUT2D eigenvalue weighted by atomic mass is 10.1. The van der Waals surface area contributed by atoms with Gasteiger partial charge in [0.25, 0.3) is 0 Å². The van der Waals surface area contributed by atoms with E-state index in [-0.39, 0.29) is 6.61 Å². The van der Waals surface area contributed by atoms with Crippen LogP contribution in [0, 0.1) is 11.8 Å². The molecule has 0 bridgehead atoms. The fraction of sp³-hybridized carbons (Fsp3) is 0.417. The minimum absolute atomic E-state index is 0.265. The van der Waals surface area contributed by atoms with Crippen LogP contribution in [0.4, 0.5) is 0 Å². The van der Waals surface area contributed by atoms with Gasteiger partial charge in [-0.25, -0.2) is 0 Å². The number of aryl methyl sites for hydroxylation is 1. The highest BCUT2D eigenvalue weighted by Crippen LogP contribution is 2.19. The molecule has 1 saturated heterocycles. The molecule has 2 aromatic rings. The van der Waals surface area contributed by atoms with Gasteiger partial charge < -0.3 is 5.11 Å². The summed E-state index contributed by atoms with van der Waals surface area (Å²) in [6, 6.07) is 17.5. The van der Waals surface area contributed by atoms with Gasteiger partial charge in [-0.15, -0.1) is 0 Å². The van der Waals surface area contributed by atoms with E-state index in [0.29, 0.717) is 6.04 Å². The summed E-state index contributed by atoms with van der Waals surface area (Å²) >= 11 is 0. The SMILES string of the molecule is CCCCc1ccc(C#Cc2ccc(CN3CCC[C@@H]3CO)cc2)cc1. The third kappa shape index (κ3) is 5.21. The van der Waals surface area contributed by atoms with Crippen LogP contribution >= 0.6 is 0 Å². The van der Waals surface area contributed by atoms with Crippen molar-refractivity contribution in [1.82, 2.24) is 4.90 Å². The Morgan fingerprint density at radius 1 is 0.962 bits per heavy atom. The number of aliphatic hydroxyl groups is 1. The van der Waals surface area contributed by atoms with Crippen molar-refractivity contribution >= 4 is 0 Å². The maximum atomic E-state index is 9.44. The second kappa shape index (κ2) is 9.57. The summed E-state index contributed by atoms with van der Waals surface area (Å²) in [4.78, 5) is 2.38. The van der Waals surface area contributed by atoms with Gasteiger partial charge in [-0.05, 0) is 67.6 Å². The maximum Gasteiger partial charge on any atom is 0.0587 e. The Hall–Kier alpha value is -2.08. The Kier molecular flexibility index (Phi) is 6.89. The lowest BCUT2D eigenvalue weighted by molar-refractivity contribution is 0.153. The topological polar surface area (TPSA) is 23.5 Å². The van der Waals surface area contributed by atoms with Crippen LogP contribution < -0.4 is 0 Å². The molecule has 0 unspecified atom stereocenters. The van der Waals surface area contributed by atoms with Gasteiger partial charge in [-0.1, -0.05) is 49.5 Å². The average molecular weight is 348 g/mol. The van der Waals surface area contributed by atoms with Crippen LogP contribution in [0.1, 0.15) is 54.9 Å². The molecule has 0 aromatic heterocycles. The Labute approximate surface area is 157 Å². The van der Waals surface area contributed by atoms with Crippen molar-refractivity contribution in [3.63, 3.8) is 0 Å². The van der Waals surface area contributed by atoms with Crippen molar-refractivity contribution in [2.75, 3.05) is 13.2 Å². The number of likely N-dealkylation sites (tertiary alicyclic amines) is 1. The van der Waals surface area contributed by atoms with E-state index < -0.39 is 0 Å². The van der Waals surface area contributed by atoms with E-state index in [0.717, 1.165) is 37.1 Å². The first-order chi connectivity index (χ1) is 12.8. The largest absolute Gasteiger partial charge is 0.395 e. The molecule has 1 aliphatic rings. The second-order valence-corrected chi connectivity index (χ2v) is 7.20. The monoisotopic (exact) mass is 347 g/mol. The molecule has 1 N–H and O–H groups in total. The molecule has 0 radical (unpaired) electrons. The van der Waals surface area contributed by atoms with E-state index >= 15 is 0 Å². The average Bonchev–Trinajstić information content (AvgIpc) is 3.14. The van der Waals surface area contributed by atoms with Gasteiger partial charge in [0.1, 0.15) is 0 Å². The third-order valence-electron chi connectivity index (χ3n) is 5.17. The number of rotatable bonds is 6. The van der Waals surface area contributed by atoms with Gasteiger partial charge in [-0.2, -0.15) is 0 Å². The zero-order chi connectivity index (χ0) is 18.2. The van der Waals surface area contributed by atoms with Crippen LogP contribution in [0.5, 0.6) is 0 Å². The van der Waals surface area contributed by atoms with Gasteiger partial charge in [0.2, 0.25) is 0 Å². The van der Waals surface area contributed by atoms with Gasteiger partial charge in [0.15, 0.2) is 0 Å². The summed E-state index contributed by atoms with van der Waals surface area (Å²) in [5, 5.41) is 9.44. The molecule has 1 fully saturated rings. The minimum Gasteiger partial charge on any atom is -0.395 e. The Bertz CT molecular complexity index is 737. The number of nitrogens with zero attached hydrogens (tertiary/aromatic N) is 1. The Balaban J connectivity index is 1.58. The van der Waals surface area contributed by atoms with Crippen molar-refractivity contribution in [3.05, 3.63) is 70.8 Å². The summed E-state index contributed by atoms with van der Waals surface area (Å²) in [5.74, 6) is 6.52. The molecule has 2 heteroatoms. The van der Waals surface area contributed by atoms with Crippen molar-refractivity contribution in [3.8, 4) is 11.8 Å². The highest BCUT2D eigenvalue weighted by molar-refractivity contribution is 5.44. The Morgan fingerprint density at radius 2 is 1.58 bits per heavy atom. The van der Waals surface area contributed by atoms with Crippen LogP contribution in [0.3, 0.4) is 0 Å². The number of unbranched alkanes of at least 4 members (excludes halogenated alkanes) is 1. The first-order valence-electron chi connectivity index (χ1n) is 9.83. The fourth-order valence-electron chi connectivity index (χ4n) is 3.52. The van der Waals surface area contributed by atoms with Crippen molar-refractivity contribution in [2.24, 2.45) is 0 Å². The van der Waals surface area contributed by atoms with E-state index in [1.807, 2.05) is 0 Å². The quantitative estimate of drug-likeness (QED) is 0.784. The summed E-state index contributed by atoms with van der Waals surface area (Å²) in [6.45, 7) is 4.49. The van der Waals surface area contributed by atoms with Gasteiger partial charge in [0.05, 0.1) is 6.61 Å². The zero-order valence-corrected chi connectivity index (χ0v) is 15.7. The van der Waals surface area contributed by atoms with Crippen LogP contribution in [-0.2, 0) is 13.0 Å². The maximum absolute atomic E-state index is 9.44. The minimum atomic E-state index is 0.265. The summed E-state index contributed by atoms with van der Waals surface area (Å²) in [5.41, 5.74) is 4.79. The molecule has 1 heterocycles. The predicted molar refractivity (Wildman–Crippen MR) is 108 cm³/mol. The molecular formula is C24H29NO. The first-order valence-corrected chi connectivity index (χ1v) is 9.83. The molecule has 2 aromatic carbocycles. The van der Waals surface area contributed by atoms with Crippen LogP contribution in [0.25, 0.3) is 0 Å². The fourth-order valence-corrected chi connectivity index (χ4v) is 3.52. The molecule has 136 valence electrons. The molecule has 0 aliphatic carbocycles. The molecular weight excluding hydrogens is 318 g/mol. The van der Waals surface area contributed by atoms with Gasteiger partial charge in [0, 0.05) is 23.7 Å². The van der Waals surface area contributed by atoms with Crippen LogP contribution in [-0.4, -0.2) is 29.2 Å². The summed E-state index contributed by atoms with van der Waals surface area (Å²) in [7, 11) is 0. The first kappa shape index (κ1) is 18.7. The molecule has 26 heavy (non-hydrogen) atoms. The molecule has 1 atom stereocenters. The lowest BCUT2D eigenvalue weighted by Crippen LogP contribution is -2.31. The van der Waals surface area contributed by atoms with Gasteiger partial charge in [-0.3, -0.25) is 4.90 Å². The highest BCUT2D eigenvalue weighted by atomic mass is 16.3. The molecule has 2 nitrogen and oxygen atoms in total. The molecule has 0 amide bonds. The third-order valence-corrected chi connectivity index (χ3v) is 5.17. The summed E-state index contributed by atoms with van der Waals surface area (Å²) < 4.78 is 0. The number of benzene rings is 2. The van der Waals surface area contributed by atoms with Crippen molar-refractivity contribution in [1.29, 1.82) is 0 Å². The van der Waals surface area contributed by atoms with Crippen LogP contribution in [0.2, 0.25) is 0 Å². The zero-order valence-electron chi connectivity index (χ0n) is 15.7. The number of hydrogen-bond acceptors (Lipinski definition) is 2.